The van der Waals surface area contributed by atoms with Crippen molar-refractivity contribution >= 4 is 23.2 Å². The summed E-state index contributed by atoms with van der Waals surface area (Å²) < 4.78 is 0. The maximum absolute atomic E-state index is 11.9. The van der Waals surface area contributed by atoms with Gasteiger partial charge in [-0.25, -0.2) is 4.98 Å². The summed E-state index contributed by atoms with van der Waals surface area (Å²) in [7, 11) is 0. The summed E-state index contributed by atoms with van der Waals surface area (Å²) in [5, 5.41) is 15.0. The van der Waals surface area contributed by atoms with Crippen LogP contribution in [0.4, 0.5) is 0 Å². The van der Waals surface area contributed by atoms with Crippen LogP contribution in [0.25, 0.3) is 0 Å². The zero-order chi connectivity index (χ0) is 16.2. The SMILES string of the molecule is O=C(O)CN(CC1CC1)C1CC(NC(=O)CCc2nccs2)C1. The first-order valence-corrected chi connectivity index (χ1v) is 9.11. The third kappa shape index (κ3) is 5.00. The summed E-state index contributed by atoms with van der Waals surface area (Å²) in [6.07, 6.45) is 7.08. The third-order valence-corrected chi connectivity index (χ3v) is 5.41. The van der Waals surface area contributed by atoms with E-state index in [0.717, 1.165) is 24.4 Å². The number of carboxylic acid groups (broad SMARTS) is 1. The number of amides is 1. The van der Waals surface area contributed by atoms with Crippen molar-refractivity contribution in [2.75, 3.05) is 13.1 Å². The molecule has 0 bridgehead atoms. The molecule has 23 heavy (non-hydrogen) atoms. The van der Waals surface area contributed by atoms with E-state index >= 15 is 0 Å². The second kappa shape index (κ2) is 7.40. The van der Waals surface area contributed by atoms with Crippen LogP contribution in [0.2, 0.25) is 0 Å². The van der Waals surface area contributed by atoms with E-state index in [-0.39, 0.29) is 18.5 Å². The Balaban J connectivity index is 1.37. The number of nitrogens with one attached hydrogen (secondary N) is 1. The van der Waals surface area contributed by atoms with Gasteiger partial charge in [-0.05, 0) is 31.6 Å². The second-order valence-electron chi connectivity index (χ2n) is 6.58. The van der Waals surface area contributed by atoms with Crippen molar-refractivity contribution in [3.05, 3.63) is 16.6 Å². The highest BCUT2D eigenvalue weighted by molar-refractivity contribution is 7.09. The quantitative estimate of drug-likeness (QED) is 0.714. The van der Waals surface area contributed by atoms with Crippen LogP contribution >= 0.6 is 11.3 Å². The molecule has 1 aromatic heterocycles. The molecule has 0 spiro atoms. The molecule has 2 aliphatic rings. The predicted molar refractivity (Wildman–Crippen MR) is 87.3 cm³/mol. The normalized spacial score (nSPS) is 23.5. The lowest BCUT2D eigenvalue weighted by molar-refractivity contribution is -0.140. The summed E-state index contributed by atoms with van der Waals surface area (Å²) >= 11 is 1.57. The molecule has 2 fully saturated rings. The van der Waals surface area contributed by atoms with Crippen molar-refractivity contribution in [3.63, 3.8) is 0 Å². The molecule has 2 N–H and O–H groups in total. The number of carbonyl (C=O) groups excluding carboxylic acids is 1. The van der Waals surface area contributed by atoms with Crippen molar-refractivity contribution in [2.45, 2.75) is 50.6 Å². The van der Waals surface area contributed by atoms with Gasteiger partial charge < -0.3 is 10.4 Å². The second-order valence-corrected chi connectivity index (χ2v) is 7.56. The molecule has 126 valence electrons. The Bertz CT molecular complexity index is 539. The van der Waals surface area contributed by atoms with Gasteiger partial charge in [0.1, 0.15) is 0 Å². The number of aryl methyl sites for hydroxylation is 1. The van der Waals surface area contributed by atoms with Crippen molar-refractivity contribution in [2.24, 2.45) is 5.92 Å². The lowest BCUT2D eigenvalue weighted by Gasteiger charge is -2.42. The molecule has 0 radical (unpaired) electrons. The zero-order valence-corrected chi connectivity index (χ0v) is 13.9. The van der Waals surface area contributed by atoms with Gasteiger partial charge in [-0.1, -0.05) is 0 Å². The number of carboxylic acids is 1. The number of rotatable bonds is 9. The average molecular weight is 337 g/mol. The van der Waals surface area contributed by atoms with Crippen LogP contribution in [0.5, 0.6) is 0 Å². The summed E-state index contributed by atoms with van der Waals surface area (Å²) in [6.45, 7) is 1.01. The number of thiazole rings is 1. The first kappa shape index (κ1) is 16.4. The van der Waals surface area contributed by atoms with Crippen LogP contribution in [0.15, 0.2) is 11.6 Å². The Morgan fingerprint density at radius 2 is 2.17 bits per heavy atom. The molecule has 2 aliphatic carbocycles. The predicted octanol–water partition coefficient (Wildman–Crippen LogP) is 1.52. The Labute approximate surface area is 139 Å². The van der Waals surface area contributed by atoms with Crippen LogP contribution in [0.3, 0.4) is 0 Å². The zero-order valence-electron chi connectivity index (χ0n) is 13.1. The minimum Gasteiger partial charge on any atom is -0.480 e. The summed E-state index contributed by atoms with van der Waals surface area (Å²) in [5.74, 6) is -0.0153. The molecule has 0 atom stereocenters. The Morgan fingerprint density at radius 1 is 1.39 bits per heavy atom. The number of carbonyl (C=O) groups is 2. The molecule has 0 unspecified atom stereocenters. The minimum absolute atomic E-state index is 0.0654. The van der Waals surface area contributed by atoms with Gasteiger partial charge in [-0.2, -0.15) is 0 Å². The highest BCUT2D eigenvalue weighted by Gasteiger charge is 2.37. The Hall–Kier alpha value is -1.47. The third-order valence-electron chi connectivity index (χ3n) is 4.57. The number of aliphatic carboxylic acids is 1. The molecule has 2 saturated carbocycles. The summed E-state index contributed by atoms with van der Waals surface area (Å²) in [6, 6.07) is 0.496. The molecule has 0 aromatic carbocycles. The van der Waals surface area contributed by atoms with E-state index in [2.05, 4.69) is 15.2 Å². The van der Waals surface area contributed by atoms with Gasteiger partial charge in [-0.15, -0.1) is 11.3 Å². The monoisotopic (exact) mass is 337 g/mol. The average Bonchev–Trinajstić information content (AvgIpc) is 3.11. The van der Waals surface area contributed by atoms with E-state index in [9.17, 15) is 9.59 Å². The number of hydrogen-bond acceptors (Lipinski definition) is 5. The molecular formula is C16H23N3O3S. The molecule has 0 aliphatic heterocycles. The van der Waals surface area contributed by atoms with Gasteiger partial charge in [0, 0.05) is 43.0 Å². The molecule has 3 rings (SSSR count). The van der Waals surface area contributed by atoms with E-state index in [0.29, 0.717) is 24.8 Å². The van der Waals surface area contributed by atoms with Crippen LogP contribution in [0, 0.1) is 5.92 Å². The van der Waals surface area contributed by atoms with Crippen molar-refractivity contribution in [1.82, 2.24) is 15.2 Å². The molecule has 6 nitrogen and oxygen atoms in total. The van der Waals surface area contributed by atoms with Crippen molar-refractivity contribution in [1.29, 1.82) is 0 Å². The van der Waals surface area contributed by atoms with Gasteiger partial charge in [0.2, 0.25) is 5.91 Å². The van der Waals surface area contributed by atoms with Gasteiger partial charge in [0.15, 0.2) is 0 Å². The Morgan fingerprint density at radius 3 is 2.78 bits per heavy atom. The molecule has 0 saturated heterocycles. The first-order valence-electron chi connectivity index (χ1n) is 8.23. The largest absolute Gasteiger partial charge is 0.480 e. The molecule has 7 heteroatoms. The fourth-order valence-electron chi connectivity index (χ4n) is 3.05. The lowest BCUT2D eigenvalue weighted by Crippen LogP contribution is -2.55. The molecule has 1 amide bonds. The van der Waals surface area contributed by atoms with Gasteiger partial charge in [0.05, 0.1) is 11.6 Å². The van der Waals surface area contributed by atoms with E-state index < -0.39 is 5.97 Å². The van der Waals surface area contributed by atoms with E-state index in [1.165, 1.54) is 12.8 Å². The van der Waals surface area contributed by atoms with Gasteiger partial charge in [-0.3, -0.25) is 14.5 Å². The molecule has 1 heterocycles. The number of hydrogen-bond donors (Lipinski definition) is 2. The maximum Gasteiger partial charge on any atom is 0.317 e. The Kier molecular flexibility index (Phi) is 5.27. The standard InChI is InChI=1S/C16H23N3O3S/c20-14(3-4-15-17-5-6-23-15)18-12-7-13(8-12)19(10-16(21)22)9-11-1-2-11/h5-6,11-13H,1-4,7-10H2,(H,18,20)(H,21,22). The molecular weight excluding hydrogens is 314 g/mol. The fourth-order valence-corrected chi connectivity index (χ4v) is 3.67. The van der Waals surface area contributed by atoms with Crippen LogP contribution in [-0.4, -0.2) is 52.0 Å². The lowest BCUT2D eigenvalue weighted by atomic mass is 9.85. The van der Waals surface area contributed by atoms with E-state index in [4.69, 9.17) is 5.11 Å². The topological polar surface area (TPSA) is 82.5 Å². The van der Waals surface area contributed by atoms with Crippen molar-refractivity contribution < 1.29 is 14.7 Å². The fraction of sp³-hybridized carbons (Fsp3) is 0.688. The minimum atomic E-state index is -0.762. The van der Waals surface area contributed by atoms with Crippen LogP contribution in [0.1, 0.15) is 37.1 Å². The van der Waals surface area contributed by atoms with Gasteiger partial charge >= 0.3 is 5.97 Å². The van der Waals surface area contributed by atoms with Crippen LogP contribution in [-0.2, 0) is 16.0 Å². The van der Waals surface area contributed by atoms with Crippen LogP contribution < -0.4 is 5.32 Å². The highest BCUT2D eigenvalue weighted by Crippen LogP contribution is 2.33. The van der Waals surface area contributed by atoms with Gasteiger partial charge in [0.25, 0.3) is 0 Å². The summed E-state index contributed by atoms with van der Waals surface area (Å²) in [5.41, 5.74) is 0. The molecule has 1 aromatic rings. The van der Waals surface area contributed by atoms with E-state index in [1.54, 1.807) is 17.5 Å². The van der Waals surface area contributed by atoms with Crippen molar-refractivity contribution in [3.8, 4) is 0 Å². The smallest absolute Gasteiger partial charge is 0.317 e. The van der Waals surface area contributed by atoms with E-state index in [1.807, 2.05) is 5.38 Å². The highest BCUT2D eigenvalue weighted by atomic mass is 32.1. The number of nitrogens with zero attached hydrogens (tertiary/aromatic N) is 2. The number of aromatic nitrogens is 1. The summed E-state index contributed by atoms with van der Waals surface area (Å²) in [4.78, 5) is 29.2. The first-order chi connectivity index (χ1) is 11.1. The maximum atomic E-state index is 11.9.